The van der Waals surface area contributed by atoms with Crippen LogP contribution in [0.15, 0.2) is 59.4 Å². The third kappa shape index (κ3) is 4.46. The number of fused-ring (bicyclic) bond motifs is 1. The normalized spacial score (nSPS) is 11.1. The van der Waals surface area contributed by atoms with Crippen molar-refractivity contribution < 1.29 is 4.79 Å². The number of amides is 1. The van der Waals surface area contributed by atoms with Gasteiger partial charge in [0.2, 0.25) is 11.9 Å². The topological polar surface area (TPSA) is 83.4 Å². The zero-order valence-corrected chi connectivity index (χ0v) is 18.6. The third-order valence-corrected chi connectivity index (χ3v) is 5.75. The molecule has 4 aromatic rings. The highest BCUT2D eigenvalue weighted by Crippen LogP contribution is 2.17. The van der Waals surface area contributed by atoms with Crippen molar-refractivity contribution in [2.24, 2.45) is 0 Å². The number of nitrogens with zero attached hydrogens (tertiary/aromatic N) is 4. The molecular weight excluding hydrogens is 402 g/mol. The summed E-state index contributed by atoms with van der Waals surface area (Å²) in [5.41, 5.74) is 4.29. The molecule has 0 unspecified atom stereocenters. The summed E-state index contributed by atoms with van der Waals surface area (Å²) in [4.78, 5) is 36.4. The minimum atomic E-state index is -0.213. The van der Waals surface area contributed by atoms with Crippen molar-refractivity contribution in [1.82, 2.24) is 19.6 Å². The first kappa shape index (κ1) is 21.5. The number of benzene rings is 2. The van der Waals surface area contributed by atoms with Gasteiger partial charge in [-0.05, 0) is 43.4 Å². The largest absolute Gasteiger partial charge is 0.277 e. The Morgan fingerprint density at radius 2 is 1.66 bits per heavy atom. The first-order valence-corrected chi connectivity index (χ1v) is 10.8. The van der Waals surface area contributed by atoms with E-state index in [1.807, 2.05) is 42.5 Å². The molecule has 0 saturated carbocycles. The Morgan fingerprint density at radius 3 is 2.34 bits per heavy atom. The lowest BCUT2D eigenvalue weighted by atomic mass is 10.1. The second kappa shape index (κ2) is 9.18. The molecule has 0 atom stereocenters. The van der Waals surface area contributed by atoms with Gasteiger partial charge in [0.15, 0.2) is 0 Å². The Kier molecular flexibility index (Phi) is 6.16. The van der Waals surface area contributed by atoms with E-state index < -0.39 is 0 Å². The van der Waals surface area contributed by atoms with Crippen molar-refractivity contribution in [3.8, 4) is 0 Å². The summed E-state index contributed by atoms with van der Waals surface area (Å²) < 4.78 is 1.30. The average Bonchev–Trinajstić information content (AvgIpc) is 3.24. The van der Waals surface area contributed by atoms with Crippen molar-refractivity contribution in [3.63, 3.8) is 0 Å². The number of aromatic amines is 1. The molecule has 7 heteroatoms. The van der Waals surface area contributed by atoms with Crippen molar-refractivity contribution in [1.29, 1.82) is 0 Å². The van der Waals surface area contributed by atoms with Crippen molar-refractivity contribution in [2.75, 3.05) is 4.90 Å². The van der Waals surface area contributed by atoms with Crippen molar-refractivity contribution >= 4 is 17.6 Å². The fraction of sp³-hybridized carbons (Fsp3) is 0.280. The van der Waals surface area contributed by atoms with E-state index in [4.69, 9.17) is 0 Å². The number of hydrogen-bond donors (Lipinski definition) is 1. The first-order valence-electron chi connectivity index (χ1n) is 10.8. The van der Waals surface area contributed by atoms with E-state index >= 15 is 0 Å². The molecule has 2 aromatic heterocycles. The van der Waals surface area contributed by atoms with E-state index in [1.54, 1.807) is 18.7 Å². The molecule has 0 aliphatic rings. The number of H-pyrrole nitrogens is 1. The molecule has 4 rings (SSSR count). The number of carbonyl (C=O) groups excluding carboxylic acids is 1. The maximum Gasteiger partial charge on any atom is 0.277 e. The number of carbonyl (C=O) groups is 1. The van der Waals surface area contributed by atoms with E-state index in [1.165, 1.54) is 10.1 Å². The van der Waals surface area contributed by atoms with Crippen LogP contribution in [0.4, 0.5) is 5.95 Å². The van der Waals surface area contributed by atoms with E-state index in [9.17, 15) is 9.59 Å². The summed E-state index contributed by atoms with van der Waals surface area (Å²) in [5, 5.41) is 2.99. The smallest absolute Gasteiger partial charge is 0.277 e. The Morgan fingerprint density at radius 1 is 0.969 bits per heavy atom. The second-order valence-corrected chi connectivity index (χ2v) is 7.95. The summed E-state index contributed by atoms with van der Waals surface area (Å²) >= 11 is 0. The van der Waals surface area contributed by atoms with E-state index in [2.05, 4.69) is 34.1 Å². The zero-order chi connectivity index (χ0) is 22.7. The van der Waals surface area contributed by atoms with Gasteiger partial charge in [0.05, 0.1) is 6.54 Å². The van der Waals surface area contributed by atoms with Gasteiger partial charge in [0.1, 0.15) is 0 Å². The Hall–Kier alpha value is -3.74. The number of aryl methyl sites for hydroxylation is 3. The van der Waals surface area contributed by atoms with E-state index in [0.29, 0.717) is 36.6 Å². The van der Waals surface area contributed by atoms with Crippen molar-refractivity contribution in [3.05, 3.63) is 92.9 Å². The predicted molar refractivity (Wildman–Crippen MR) is 125 cm³/mol. The first-order chi connectivity index (χ1) is 15.5. The molecule has 0 fully saturated rings. The van der Waals surface area contributed by atoms with Crippen LogP contribution < -0.4 is 10.5 Å². The highest BCUT2D eigenvalue weighted by molar-refractivity contribution is 5.91. The second-order valence-electron chi connectivity index (χ2n) is 7.95. The van der Waals surface area contributed by atoms with Gasteiger partial charge >= 0.3 is 0 Å². The molecule has 0 aliphatic heterocycles. The number of hydrogen-bond acceptors (Lipinski definition) is 4. The van der Waals surface area contributed by atoms with Gasteiger partial charge in [-0.25, -0.2) is 4.98 Å². The van der Waals surface area contributed by atoms with Crippen LogP contribution in [0.5, 0.6) is 0 Å². The summed E-state index contributed by atoms with van der Waals surface area (Å²) in [6, 6.07) is 18.1. The van der Waals surface area contributed by atoms with E-state index in [-0.39, 0.29) is 17.2 Å². The number of nitrogens with one attached hydrogen (secondary N) is 1. The summed E-state index contributed by atoms with van der Waals surface area (Å²) in [6.07, 6.45) is 1.91. The van der Waals surface area contributed by atoms with Gasteiger partial charge in [-0.2, -0.15) is 9.50 Å². The Bertz CT molecular complexity index is 1290. The van der Waals surface area contributed by atoms with Gasteiger partial charge in [-0.3, -0.25) is 19.6 Å². The fourth-order valence-electron chi connectivity index (χ4n) is 3.59. The molecule has 7 nitrogen and oxygen atoms in total. The minimum absolute atomic E-state index is 0.0750. The van der Waals surface area contributed by atoms with Gasteiger partial charge in [0.25, 0.3) is 11.3 Å². The van der Waals surface area contributed by atoms with Crippen LogP contribution in [-0.2, 0) is 24.2 Å². The van der Waals surface area contributed by atoms with Crippen LogP contribution in [0, 0.1) is 13.8 Å². The van der Waals surface area contributed by atoms with Crippen LogP contribution in [0.2, 0.25) is 0 Å². The molecular formula is C25H27N5O2. The Balaban J connectivity index is 1.67. The highest BCUT2D eigenvalue weighted by atomic mass is 16.2. The summed E-state index contributed by atoms with van der Waals surface area (Å²) in [6.45, 7) is 5.97. The fourth-order valence-corrected chi connectivity index (χ4v) is 3.59. The molecule has 2 heterocycles. The van der Waals surface area contributed by atoms with E-state index in [0.717, 1.165) is 17.5 Å². The molecule has 164 valence electrons. The lowest BCUT2D eigenvalue weighted by Crippen LogP contribution is -2.32. The lowest BCUT2D eigenvalue weighted by molar-refractivity contribution is -0.118. The van der Waals surface area contributed by atoms with Crippen LogP contribution >= 0.6 is 0 Å². The molecule has 32 heavy (non-hydrogen) atoms. The van der Waals surface area contributed by atoms with Crippen LogP contribution in [-0.4, -0.2) is 25.5 Å². The van der Waals surface area contributed by atoms with Crippen LogP contribution in [0.25, 0.3) is 5.78 Å². The maximum atomic E-state index is 13.3. The van der Waals surface area contributed by atoms with Gasteiger partial charge in [-0.15, -0.1) is 0 Å². The molecule has 1 N–H and O–H groups in total. The number of rotatable bonds is 7. The Labute approximate surface area is 186 Å². The number of anilines is 1. The SMILES string of the molecule is CCc1ccc(CN(C(=O)CCc2ccccc2)c2nc3nc(C)c(C)c(=O)n3[nH]2)cc1. The standard InChI is InChI=1S/C25H27N5O2/c1-4-19-10-12-21(13-11-19)16-29(22(31)15-14-20-8-6-5-7-9-20)25-27-24-26-18(3)17(2)23(32)30(24)28-25/h5-13H,4,14-16H2,1-3H3,(H,26,27,28). The zero-order valence-electron chi connectivity index (χ0n) is 18.6. The maximum absolute atomic E-state index is 13.3. The van der Waals surface area contributed by atoms with Crippen molar-refractivity contribution in [2.45, 2.75) is 46.6 Å². The lowest BCUT2D eigenvalue weighted by Gasteiger charge is -2.20. The van der Waals surface area contributed by atoms with Crippen LogP contribution in [0.3, 0.4) is 0 Å². The third-order valence-electron chi connectivity index (χ3n) is 5.75. The number of aromatic nitrogens is 4. The highest BCUT2D eigenvalue weighted by Gasteiger charge is 2.21. The van der Waals surface area contributed by atoms with Gasteiger partial charge in [0, 0.05) is 17.7 Å². The van der Waals surface area contributed by atoms with Gasteiger partial charge < -0.3 is 0 Å². The molecule has 0 radical (unpaired) electrons. The molecule has 0 saturated heterocycles. The summed E-state index contributed by atoms with van der Waals surface area (Å²) in [7, 11) is 0. The average molecular weight is 430 g/mol. The quantitative estimate of drug-likeness (QED) is 0.485. The minimum Gasteiger partial charge on any atom is -0.277 e. The predicted octanol–water partition coefficient (Wildman–Crippen LogP) is 3.76. The molecule has 0 bridgehead atoms. The molecule has 0 spiro atoms. The molecule has 2 aromatic carbocycles. The van der Waals surface area contributed by atoms with Crippen LogP contribution in [0.1, 0.15) is 41.3 Å². The summed E-state index contributed by atoms with van der Waals surface area (Å²) in [5.74, 6) is 0.501. The van der Waals surface area contributed by atoms with Gasteiger partial charge in [-0.1, -0.05) is 61.5 Å². The molecule has 1 amide bonds. The monoisotopic (exact) mass is 429 g/mol. The molecule has 0 aliphatic carbocycles.